The molecule has 22 heavy (non-hydrogen) atoms. The molecule has 0 unspecified atom stereocenters. The fourth-order valence-electron chi connectivity index (χ4n) is 1.64. The van der Waals surface area contributed by atoms with Gasteiger partial charge in [-0.2, -0.15) is 0 Å². The van der Waals surface area contributed by atoms with Gasteiger partial charge in [-0.15, -0.1) is 11.3 Å². The number of alkyl carbamates (subject to hydrolysis) is 1. The first-order valence-electron chi connectivity index (χ1n) is 7.05. The van der Waals surface area contributed by atoms with E-state index in [9.17, 15) is 9.59 Å². The van der Waals surface area contributed by atoms with Crippen molar-refractivity contribution < 1.29 is 19.4 Å². The fraction of sp³-hybridized carbons (Fsp3) is 0.667. The van der Waals surface area contributed by atoms with Crippen molar-refractivity contribution >= 4 is 23.4 Å². The summed E-state index contributed by atoms with van der Waals surface area (Å²) in [6, 6.07) is -0.709. The van der Waals surface area contributed by atoms with Crippen LogP contribution in [0.4, 0.5) is 4.79 Å². The first kappa shape index (κ1) is 18.4. The Hall–Kier alpha value is -1.63. The Labute approximate surface area is 134 Å². The van der Waals surface area contributed by atoms with E-state index in [4.69, 9.17) is 9.84 Å². The summed E-state index contributed by atoms with van der Waals surface area (Å²) in [6.45, 7) is 11.3. The number of ether oxygens (including phenoxy) is 1. The van der Waals surface area contributed by atoms with Crippen molar-refractivity contribution in [1.29, 1.82) is 0 Å². The number of nitrogens with zero attached hydrogens (tertiary/aromatic N) is 1. The van der Waals surface area contributed by atoms with Crippen LogP contribution in [0.15, 0.2) is 5.38 Å². The Morgan fingerprint density at radius 2 is 1.91 bits per heavy atom. The van der Waals surface area contributed by atoms with Crippen LogP contribution in [0.3, 0.4) is 0 Å². The van der Waals surface area contributed by atoms with Gasteiger partial charge in [0, 0.05) is 10.8 Å². The lowest BCUT2D eigenvalue weighted by Gasteiger charge is -2.22. The summed E-state index contributed by atoms with van der Waals surface area (Å²) in [4.78, 5) is 27.4. The molecule has 124 valence electrons. The maximum Gasteiger partial charge on any atom is 0.408 e. The summed E-state index contributed by atoms with van der Waals surface area (Å²) >= 11 is 1.46. The molecule has 0 aliphatic carbocycles. The number of carboxylic acids is 1. The van der Waals surface area contributed by atoms with Gasteiger partial charge in [0.1, 0.15) is 5.60 Å². The second-order valence-electron chi connectivity index (χ2n) is 7.12. The van der Waals surface area contributed by atoms with Gasteiger partial charge in [0.15, 0.2) is 0 Å². The molecule has 1 aromatic heterocycles. The number of hydrogen-bond donors (Lipinski definition) is 2. The summed E-state index contributed by atoms with van der Waals surface area (Å²) in [5, 5.41) is 14.3. The predicted molar refractivity (Wildman–Crippen MR) is 85.2 cm³/mol. The molecule has 0 fully saturated rings. The fourth-order valence-corrected chi connectivity index (χ4v) is 2.61. The summed E-state index contributed by atoms with van der Waals surface area (Å²) in [7, 11) is 0. The molecule has 2 N–H and O–H groups in total. The molecule has 0 spiro atoms. The van der Waals surface area contributed by atoms with Gasteiger partial charge in [-0.05, 0) is 20.8 Å². The first-order chi connectivity index (χ1) is 9.88. The van der Waals surface area contributed by atoms with Crippen molar-refractivity contribution in [1.82, 2.24) is 10.3 Å². The quantitative estimate of drug-likeness (QED) is 0.883. The lowest BCUT2D eigenvalue weighted by molar-refractivity contribution is -0.137. The van der Waals surface area contributed by atoms with E-state index in [0.29, 0.717) is 5.69 Å². The highest BCUT2D eigenvalue weighted by Crippen LogP contribution is 2.28. The largest absolute Gasteiger partial charge is 0.481 e. The molecular weight excluding hydrogens is 304 g/mol. The Morgan fingerprint density at radius 1 is 1.32 bits per heavy atom. The van der Waals surface area contributed by atoms with Crippen molar-refractivity contribution in [3.63, 3.8) is 0 Å². The van der Waals surface area contributed by atoms with Gasteiger partial charge in [0.05, 0.1) is 23.2 Å². The predicted octanol–water partition coefficient (Wildman–Crippen LogP) is 3.48. The van der Waals surface area contributed by atoms with Crippen LogP contribution in [0, 0.1) is 0 Å². The van der Waals surface area contributed by atoms with Gasteiger partial charge >= 0.3 is 12.1 Å². The lowest BCUT2D eigenvalue weighted by atomic mass is 9.98. The van der Waals surface area contributed by atoms with Gasteiger partial charge in [-0.25, -0.2) is 9.78 Å². The average molecular weight is 328 g/mol. The molecule has 0 bridgehead atoms. The number of amides is 1. The zero-order valence-electron chi connectivity index (χ0n) is 13.9. The Kier molecular flexibility index (Phi) is 5.56. The van der Waals surface area contributed by atoms with Crippen LogP contribution in [0.2, 0.25) is 0 Å². The van der Waals surface area contributed by atoms with Gasteiger partial charge in [-0.3, -0.25) is 4.79 Å². The number of thiazole rings is 1. The second kappa shape index (κ2) is 6.64. The number of rotatable bonds is 4. The molecule has 0 saturated heterocycles. The molecule has 0 aromatic carbocycles. The molecule has 1 heterocycles. The van der Waals surface area contributed by atoms with E-state index >= 15 is 0 Å². The summed E-state index contributed by atoms with van der Waals surface area (Å²) in [5.74, 6) is -1.01. The number of carboxylic acid groups (broad SMARTS) is 1. The third-order valence-corrected chi connectivity index (χ3v) is 3.88. The third kappa shape index (κ3) is 6.01. The molecule has 0 aliphatic rings. The number of aliphatic carboxylic acids is 1. The molecular formula is C15H24N2O4S. The van der Waals surface area contributed by atoms with E-state index in [1.807, 2.05) is 20.8 Å². The van der Waals surface area contributed by atoms with E-state index < -0.39 is 23.7 Å². The molecule has 0 saturated carbocycles. The average Bonchev–Trinajstić information content (AvgIpc) is 2.72. The van der Waals surface area contributed by atoms with Gasteiger partial charge in [0.25, 0.3) is 0 Å². The van der Waals surface area contributed by atoms with E-state index in [0.717, 1.165) is 5.01 Å². The van der Waals surface area contributed by atoms with Crippen molar-refractivity contribution in [3.05, 3.63) is 16.1 Å². The summed E-state index contributed by atoms with van der Waals surface area (Å²) < 4.78 is 5.18. The maximum absolute atomic E-state index is 11.9. The first-order valence-corrected chi connectivity index (χ1v) is 7.93. The molecule has 6 nitrogen and oxygen atoms in total. The van der Waals surface area contributed by atoms with Gasteiger partial charge < -0.3 is 15.2 Å². The van der Waals surface area contributed by atoms with E-state index in [1.165, 1.54) is 11.3 Å². The van der Waals surface area contributed by atoms with Crippen molar-refractivity contribution in [2.24, 2.45) is 0 Å². The zero-order valence-corrected chi connectivity index (χ0v) is 14.7. The highest BCUT2D eigenvalue weighted by molar-refractivity contribution is 7.09. The standard InChI is InChI=1S/C15H24N2O4S/c1-14(2,3)12-16-10(8-22-12)9(7-11(18)19)17-13(20)21-15(4,5)6/h8-9H,7H2,1-6H3,(H,17,20)(H,18,19)/t9-/m0/s1. The van der Waals surface area contributed by atoms with Crippen LogP contribution in [0.1, 0.15) is 64.7 Å². The van der Waals surface area contributed by atoms with Crippen molar-refractivity contribution in [2.75, 3.05) is 0 Å². The smallest absolute Gasteiger partial charge is 0.408 e. The van der Waals surface area contributed by atoms with Crippen LogP contribution in [-0.2, 0) is 14.9 Å². The summed E-state index contributed by atoms with van der Waals surface area (Å²) in [6.07, 6.45) is -0.893. The lowest BCUT2D eigenvalue weighted by Crippen LogP contribution is -2.36. The second-order valence-corrected chi connectivity index (χ2v) is 7.98. The third-order valence-electron chi connectivity index (χ3n) is 2.59. The van der Waals surface area contributed by atoms with Crippen LogP contribution >= 0.6 is 11.3 Å². The van der Waals surface area contributed by atoms with Gasteiger partial charge in [0.2, 0.25) is 0 Å². The highest BCUT2D eigenvalue weighted by Gasteiger charge is 2.26. The molecule has 1 atom stereocenters. The van der Waals surface area contributed by atoms with Crippen molar-refractivity contribution in [3.8, 4) is 0 Å². The molecule has 0 radical (unpaired) electrons. The van der Waals surface area contributed by atoms with E-state index in [2.05, 4.69) is 10.3 Å². The highest BCUT2D eigenvalue weighted by atomic mass is 32.1. The monoisotopic (exact) mass is 328 g/mol. The molecule has 1 aromatic rings. The Morgan fingerprint density at radius 3 is 2.32 bits per heavy atom. The SMILES string of the molecule is CC(C)(C)OC(=O)N[C@@H](CC(=O)O)c1csc(C(C)(C)C)n1. The minimum Gasteiger partial charge on any atom is -0.481 e. The van der Waals surface area contributed by atoms with Crippen LogP contribution in [0.5, 0.6) is 0 Å². The van der Waals surface area contributed by atoms with Gasteiger partial charge in [-0.1, -0.05) is 20.8 Å². The maximum atomic E-state index is 11.9. The molecule has 1 amide bonds. The normalized spacial score (nSPS) is 13.5. The van der Waals surface area contributed by atoms with E-state index in [1.54, 1.807) is 26.2 Å². The van der Waals surface area contributed by atoms with Crippen molar-refractivity contribution in [2.45, 2.75) is 65.0 Å². The number of aromatic nitrogens is 1. The number of carbonyl (C=O) groups excluding carboxylic acids is 1. The number of nitrogens with one attached hydrogen (secondary N) is 1. The minimum absolute atomic E-state index is 0.122. The van der Waals surface area contributed by atoms with Crippen LogP contribution in [-0.4, -0.2) is 27.8 Å². The molecule has 0 aliphatic heterocycles. The number of hydrogen-bond acceptors (Lipinski definition) is 5. The number of carbonyl (C=O) groups is 2. The minimum atomic E-state index is -1.01. The van der Waals surface area contributed by atoms with E-state index in [-0.39, 0.29) is 11.8 Å². The Bertz CT molecular complexity index is 540. The Balaban J connectivity index is 2.91. The molecule has 7 heteroatoms. The zero-order chi connectivity index (χ0) is 17.1. The topological polar surface area (TPSA) is 88.5 Å². The summed E-state index contributed by atoms with van der Waals surface area (Å²) in [5.41, 5.74) is -0.220. The van der Waals surface area contributed by atoms with Crippen LogP contribution in [0.25, 0.3) is 0 Å². The molecule has 1 rings (SSSR count). The van der Waals surface area contributed by atoms with Crippen LogP contribution < -0.4 is 5.32 Å².